The first kappa shape index (κ1) is 18.9. The maximum atomic E-state index is 11.7. The SMILES string of the molecule is CCN(CC)CCCNC(=O)C(=O)NCCN1CCNCC1. The van der Waals surface area contributed by atoms with Crippen molar-refractivity contribution >= 4 is 11.8 Å². The van der Waals surface area contributed by atoms with Gasteiger partial charge in [0.05, 0.1) is 0 Å². The molecule has 2 amide bonds. The average molecular weight is 313 g/mol. The van der Waals surface area contributed by atoms with Gasteiger partial charge in [-0.2, -0.15) is 0 Å². The second-order valence-electron chi connectivity index (χ2n) is 5.48. The van der Waals surface area contributed by atoms with Gasteiger partial charge in [0.2, 0.25) is 0 Å². The standard InChI is InChI=1S/C15H31N5O2/c1-3-19(4-2)10-5-6-17-14(21)15(22)18-9-13-20-11-7-16-8-12-20/h16H,3-13H2,1-2H3,(H,17,21)(H,18,22). The minimum Gasteiger partial charge on any atom is -0.348 e. The van der Waals surface area contributed by atoms with Crippen LogP contribution in [0.4, 0.5) is 0 Å². The van der Waals surface area contributed by atoms with Crippen molar-refractivity contribution in [3.05, 3.63) is 0 Å². The molecule has 1 fully saturated rings. The van der Waals surface area contributed by atoms with Gasteiger partial charge in [-0.3, -0.25) is 14.5 Å². The predicted octanol–water partition coefficient (Wildman–Crippen LogP) is -1.14. The molecule has 3 N–H and O–H groups in total. The third kappa shape index (κ3) is 7.72. The molecule has 0 radical (unpaired) electrons. The van der Waals surface area contributed by atoms with Crippen molar-refractivity contribution in [2.24, 2.45) is 0 Å². The molecular formula is C15H31N5O2. The highest BCUT2D eigenvalue weighted by molar-refractivity contribution is 6.35. The maximum Gasteiger partial charge on any atom is 0.309 e. The Morgan fingerprint density at radius 1 is 1.05 bits per heavy atom. The Labute approximate surface area is 133 Å². The molecule has 0 atom stereocenters. The van der Waals surface area contributed by atoms with Gasteiger partial charge in [0.15, 0.2) is 0 Å². The third-order valence-electron chi connectivity index (χ3n) is 3.96. The molecule has 7 nitrogen and oxygen atoms in total. The molecule has 128 valence electrons. The second kappa shape index (κ2) is 11.4. The summed E-state index contributed by atoms with van der Waals surface area (Å²) in [4.78, 5) is 27.9. The van der Waals surface area contributed by atoms with E-state index in [1.165, 1.54) is 0 Å². The number of piperazine rings is 1. The third-order valence-corrected chi connectivity index (χ3v) is 3.96. The smallest absolute Gasteiger partial charge is 0.309 e. The Balaban J connectivity index is 2.05. The van der Waals surface area contributed by atoms with Crippen LogP contribution in [-0.4, -0.2) is 87.1 Å². The summed E-state index contributed by atoms with van der Waals surface area (Å²) in [5.41, 5.74) is 0. The van der Waals surface area contributed by atoms with Crippen LogP contribution in [0.5, 0.6) is 0 Å². The molecule has 0 aliphatic carbocycles. The number of amides is 2. The Kier molecular flexibility index (Phi) is 9.77. The van der Waals surface area contributed by atoms with Crippen LogP contribution in [-0.2, 0) is 9.59 Å². The molecule has 1 aliphatic rings. The van der Waals surface area contributed by atoms with Gasteiger partial charge in [-0.25, -0.2) is 0 Å². The van der Waals surface area contributed by atoms with Crippen molar-refractivity contribution in [1.29, 1.82) is 0 Å². The van der Waals surface area contributed by atoms with Crippen LogP contribution >= 0.6 is 0 Å². The van der Waals surface area contributed by atoms with Gasteiger partial charge in [-0.1, -0.05) is 13.8 Å². The van der Waals surface area contributed by atoms with Crippen molar-refractivity contribution < 1.29 is 9.59 Å². The van der Waals surface area contributed by atoms with Crippen molar-refractivity contribution in [2.45, 2.75) is 20.3 Å². The molecule has 1 saturated heterocycles. The molecule has 1 rings (SSSR count). The van der Waals surface area contributed by atoms with E-state index in [9.17, 15) is 9.59 Å². The van der Waals surface area contributed by atoms with Gasteiger partial charge in [-0.15, -0.1) is 0 Å². The van der Waals surface area contributed by atoms with Crippen molar-refractivity contribution in [2.75, 3.05) is 65.4 Å². The Morgan fingerprint density at radius 2 is 1.64 bits per heavy atom. The summed E-state index contributed by atoms with van der Waals surface area (Å²) in [6, 6.07) is 0. The highest BCUT2D eigenvalue weighted by Crippen LogP contribution is 1.90. The largest absolute Gasteiger partial charge is 0.348 e. The quantitative estimate of drug-likeness (QED) is 0.370. The van der Waals surface area contributed by atoms with E-state index in [-0.39, 0.29) is 0 Å². The van der Waals surface area contributed by atoms with Crippen LogP contribution in [0.1, 0.15) is 20.3 Å². The van der Waals surface area contributed by atoms with Crippen molar-refractivity contribution in [3.8, 4) is 0 Å². The molecule has 1 aliphatic heterocycles. The van der Waals surface area contributed by atoms with Crippen LogP contribution in [0.3, 0.4) is 0 Å². The highest BCUT2D eigenvalue weighted by atomic mass is 16.2. The average Bonchev–Trinajstić information content (AvgIpc) is 2.55. The number of hydrogen-bond acceptors (Lipinski definition) is 5. The fourth-order valence-corrected chi connectivity index (χ4v) is 2.47. The minimum absolute atomic E-state index is 0.520. The van der Waals surface area contributed by atoms with Gasteiger partial charge >= 0.3 is 11.8 Å². The summed E-state index contributed by atoms with van der Waals surface area (Å²) in [5, 5.41) is 8.63. The molecule has 0 aromatic heterocycles. The number of rotatable bonds is 9. The second-order valence-corrected chi connectivity index (χ2v) is 5.48. The zero-order valence-electron chi connectivity index (χ0n) is 14.0. The lowest BCUT2D eigenvalue weighted by atomic mass is 10.3. The first-order valence-electron chi connectivity index (χ1n) is 8.38. The summed E-state index contributed by atoms with van der Waals surface area (Å²) < 4.78 is 0. The van der Waals surface area contributed by atoms with E-state index >= 15 is 0 Å². The summed E-state index contributed by atoms with van der Waals surface area (Å²) in [5.74, 6) is -1.06. The number of nitrogens with zero attached hydrogens (tertiary/aromatic N) is 2. The zero-order valence-corrected chi connectivity index (χ0v) is 14.0. The topological polar surface area (TPSA) is 76.7 Å². The molecule has 0 bridgehead atoms. The van der Waals surface area contributed by atoms with Gasteiger partial charge in [0, 0.05) is 45.8 Å². The van der Waals surface area contributed by atoms with Crippen LogP contribution in [0, 0.1) is 0 Å². The fraction of sp³-hybridized carbons (Fsp3) is 0.867. The van der Waals surface area contributed by atoms with Gasteiger partial charge in [-0.05, 0) is 26.1 Å². The molecule has 1 heterocycles. The minimum atomic E-state index is -0.530. The normalized spacial score (nSPS) is 15.8. The Morgan fingerprint density at radius 3 is 2.23 bits per heavy atom. The lowest BCUT2D eigenvalue weighted by Gasteiger charge is -2.26. The van der Waals surface area contributed by atoms with E-state index < -0.39 is 11.8 Å². The van der Waals surface area contributed by atoms with Crippen molar-refractivity contribution in [1.82, 2.24) is 25.8 Å². The number of nitrogens with one attached hydrogen (secondary N) is 3. The lowest BCUT2D eigenvalue weighted by molar-refractivity contribution is -0.139. The number of hydrogen-bond donors (Lipinski definition) is 3. The first-order chi connectivity index (χ1) is 10.7. The Bertz CT molecular complexity index is 328. The van der Waals surface area contributed by atoms with E-state index in [1.54, 1.807) is 0 Å². The van der Waals surface area contributed by atoms with Gasteiger partial charge in [0.25, 0.3) is 0 Å². The lowest BCUT2D eigenvalue weighted by Crippen LogP contribution is -2.48. The number of carbonyl (C=O) groups is 2. The van der Waals surface area contributed by atoms with Gasteiger partial charge < -0.3 is 20.9 Å². The highest BCUT2D eigenvalue weighted by Gasteiger charge is 2.14. The molecular weight excluding hydrogens is 282 g/mol. The summed E-state index contributed by atoms with van der Waals surface area (Å²) in [7, 11) is 0. The summed E-state index contributed by atoms with van der Waals surface area (Å²) >= 11 is 0. The maximum absolute atomic E-state index is 11.7. The summed E-state index contributed by atoms with van der Waals surface area (Å²) in [6.45, 7) is 13.0. The van der Waals surface area contributed by atoms with Crippen LogP contribution in [0.25, 0.3) is 0 Å². The molecule has 0 saturated carbocycles. The van der Waals surface area contributed by atoms with Crippen LogP contribution < -0.4 is 16.0 Å². The van der Waals surface area contributed by atoms with E-state index in [0.717, 1.165) is 58.8 Å². The fourth-order valence-electron chi connectivity index (χ4n) is 2.47. The summed E-state index contributed by atoms with van der Waals surface area (Å²) in [6.07, 6.45) is 0.863. The van der Waals surface area contributed by atoms with E-state index in [1.807, 2.05) is 0 Å². The Hall–Kier alpha value is -1.18. The predicted molar refractivity (Wildman–Crippen MR) is 87.7 cm³/mol. The number of carbonyl (C=O) groups excluding carboxylic acids is 2. The molecule has 7 heteroatoms. The van der Waals surface area contributed by atoms with Crippen LogP contribution in [0.15, 0.2) is 0 Å². The molecule has 0 unspecified atom stereocenters. The van der Waals surface area contributed by atoms with E-state index in [0.29, 0.717) is 13.1 Å². The first-order valence-corrected chi connectivity index (χ1v) is 8.38. The molecule has 0 aromatic carbocycles. The monoisotopic (exact) mass is 313 g/mol. The van der Waals surface area contributed by atoms with E-state index in [2.05, 4.69) is 39.6 Å². The molecule has 22 heavy (non-hydrogen) atoms. The van der Waals surface area contributed by atoms with E-state index in [4.69, 9.17) is 0 Å². The zero-order chi connectivity index (χ0) is 16.2. The van der Waals surface area contributed by atoms with Gasteiger partial charge in [0.1, 0.15) is 0 Å². The molecule has 0 spiro atoms. The van der Waals surface area contributed by atoms with Crippen LogP contribution in [0.2, 0.25) is 0 Å². The molecule has 0 aromatic rings. The van der Waals surface area contributed by atoms with Crippen molar-refractivity contribution in [3.63, 3.8) is 0 Å².